The lowest BCUT2D eigenvalue weighted by molar-refractivity contribution is -0.137. The van der Waals surface area contributed by atoms with E-state index in [4.69, 9.17) is 0 Å². The van der Waals surface area contributed by atoms with Crippen molar-refractivity contribution in [2.75, 3.05) is 20.6 Å². The first-order valence-electron chi connectivity index (χ1n) is 8.16. The van der Waals surface area contributed by atoms with Gasteiger partial charge in [-0.2, -0.15) is 5.10 Å². The number of carbonyl (C=O) groups is 1. The fourth-order valence-electron chi connectivity index (χ4n) is 3.39. The second-order valence-corrected chi connectivity index (χ2v) is 6.33. The molecule has 2 atom stereocenters. The van der Waals surface area contributed by atoms with Gasteiger partial charge >= 0.3 is 0 Å². The Bertz CT molecular complexity index is 624. The monoisotopic (exact) mass is 312 g/mol. The number of benzene rings is 1. The Labute approximate surface area is 137 Å². The van der Waals surface area contributed by atoms with E-state index in [0.29, 0.717) is 0 Å². The highest BCUT2D eigenvalue weighted by Crippen LogP contribution is 2.26. The van der Waals surface area contributed by atoms with Crippen LogP contribution in [0.2, 0.25) is 0 Å². The van der Waals surface area contributed by atoms with Crippen LogP contribution in [0.15, 0.2) is 48.8 Å². The molecule has 5 nitrogen and oxygen atoms in total. The summed E-state index contributed by atoms with van der Waals surface area (Å²) in [4.78, 5) is 17.2. The zero-order chi connectivity index (χ0) is 16.2. The van der Waals surface area contributed by atoms with Crippen LogP contribution >= 0.6 is 0 Å². The third kappa shape index (κ3) is 3.45. The zero-order valence-corrected chi connectivity index (χ0v) is 13.8. The number of hydrogen-bond acceptors (Lipinski definition) is 3. The summed E-state index contributed by atoms with van der Waals surface area (Å²) in [6.07, 6.45) is 5.85. The molecule has 0 unspecified atom stereocenters. The van der Waals surface area contributed by atoms with Crippen molar-refractivity contribution in [1.29, 1.82) is 0 Å². The summed E-state index contributed by atoms with van der Waals surface area (Å²) in [6, 6.07) is 11.9. The smallest absolute Gasteiger partial charge is 0.244 e. The number of aromatic nitrogens is 2. The summed E-state index contributed by atoms with van der Waals surface area (Å²) >= 11 is 0. The summed E-state index contributed by atoms with van der Waals surface area (Å²) in [5, 5.41) is 4.28. The highest BCUT2D eigenvalue weighted by Gasteiger charge is 2.35. The van der Waals surface area contributed by atoms with Gasteiger partial charge in [0.2, 0.25) is 5.91 Å². The van der Waals surface area contributed by atoms with Crippen LogP contribution < -0.4 is 0 Å². The third-order valence-corrected chi connectivity index (χ3v) is 4.48. The first kappa shape index (κ1) is 15.7. The lowest BCUT2D eigenvalue weighted by Gasteiger charge is -2.32. The van der Waals surface area contributed by atoms with E-state index in [-0.39, 0.29) is 18.0 Å². The van der Waals surface area contributed by atoms with Crippen LogP contribution in [-0.4, -0.2) is 52.2 Å². The highest BCUT2D eigenvalue weighted by molar-refractivity contribution is 5.83. The first-order valence-corrected chi connectivity index (χ1v) is 8.16. The molecule has 1 aliphatic rings. The summed E-state index contributed by atoms with van der Waals surface area (Å²) in [5.41, 5.74) is 1.05. The second kappa shape index (κ2) is 6.96. The molecule has 0 spiro atoms. The molecule has 23 heavy (non-hydrogen) atoms. The Kier molecular flexibility index (Phi) is 4.76. The van der Waals surface area contributed by atoms with Crippen LogP contribution in [0.5, 0.6) is 0 Å². The summed E-state index contributed by atoms with van der Waals surface area (Å²) in [7, 11) is 3.93. The number of amides is 1. The Morgan fingerprint density at radius 1 is 1.30 bits per heavy atom. The maximum Gasteiger partial charge on any atom is 0.244 e. The third-order valence-electron chi connectivity index (χ3n) is 4.48. The van der Waals surface area contributed by atoms with Gasteiger partial charge in [0, 0.05) is 18.9 Å². The topological polar surface area (TPSA) is 41.4 Å². The predicted molar refractivity (Wildman–Crippen MR) is 89.8 cm³/mol. The van der Waals surface area contributed by atoms with Crippen molar-refractivity contribution < 1.29 is 4.79 Å². The van der Waals surface area contributed by atoms with Crippen molar-refractivity contribution in [1.82, 2.24) is 19.6 Å². The van der Waals surface area contributed by atoms with Crippen molar-refractivity contribution in [3.05, 3.63) is 54.4 Å². The van der Waals surface area contributed by atoms with Gasteiger partial charge in [-0.05, 0) is 38.6 Å². The average molecular weight is 312 g/mol. The van der Waals surface area contributed by atoms with E-state index in [1.807, 2.05) is 71.2 Å². The molecule has 2 aromatic rings. The Balaban J connectivity index is 1.79. The van der Waals surface area contributed by atoms with Crippen LogP contribution in [0.4, 0.5) is 0 Å². The van der Waals surface area contributed by atoms with Crippen LogP contribution in [0.1, 0.15) is 24.4 Å². The molecular weight excluding hydrogens is 288 g/mol. The Hall–Kier alpha value is -2.14. The van der Waals surface area contributed by atoms with Crippen molar-refractivity contribution in [3.63, 3.8) is 0 Å². The SMILES string of the molecule is CN(C)[C@@H](C(=O)N1CCC[C@@H]1Cn1cccn1)c1ccccc1. The van der Waals surface area contributed by atoms with Crippen LogP contribution in [-0.2, 0) is 11.3 Å². The van der Waals surface area contributed by atoms with E-state index in [1.54, 1.807) is 6.20 Å². The standard InChI is InChI=1S/C18H24N4O/c1-20(2)17(15-8-4-3-5-9-15)18(23)22-13-6-10-16(22)14-21-12-7-11-19-21/h3-5,7-9,11-12,16-17H,6,10,13-14H2,1-2H3/t16-,17-/m1/s1. The van der Waals surface area contributed by atoms with E-state index < -0.39 is 0 Å². The Morgan fingerprint density at radius 3 is 2.74 bits per heavy atom. The van der Waals surface area contributed by atoms with E-state index in [2.05, 4.69) is 5.10 Å². The lowest BCUT2D eigenvalue weighted by Crippen LogP contribution is -2.44. The normalized spacial score (nSPS) is 19.3. The molecule has 0 bridgehead atoms. The lowest BCUT2D eigenvalue weighted by atomic mass is 10.0. The number of rotatable bonds is 5. The molecule has 122 valence electrons. The molecule has 1 fully saturated rings. The van der Waals surface area contributed by atoms with E-state index in [1.165, 1.54) is 0 Å². The minimum Gasteiger partial charge on any atom is -0.336 e. The molecule has 1 aromatic carbocycles. The van der Waals surface area contributed by atoms with Gasteiger partial charge in [0.1, 0.15) is 6.04 Å². The van der Waals surface area contributed by atoms with Gasteiger partial charge < -0.3 is 4.90 Å². The van der Waals surface area contributed by atoms with Gasteiger partial charge in [0.15, 0.2) is 0 Å². The van der Waals surface area contributed by atoms with Crippen molar-refractivity contribution >= 4 is 5.91 Å². The maximum absolute atomic E-state index is 13.2. The van der Waals surface area contributed by atoms with Gasteiger partial charge in [0.05, 0.1) is 12.6 Å². The largest absolute Gasteiger partial charge is 0.336 e. The van der Waals surface area contributed by atoms with Crippen LogP contribution in [0.3, 0.4) is 0 Å². The second-order valence-electron chi connectivity index (χ2n) is 6.33. The number of hydrogen-bond donors (Lipinski definition) is 0. The average Bonchev–Trinajstić information content (AvgIpc) is 3.20. The number of likely N-dealkylation sites (tertiary alicyclic amines) is 1. The Morgan fingerprint density at radius 2 is 2.09 bits per heavy atom. The minimum atomic E-state index is -0.227. The summed E-state index contributed by atoms with van der Waals surface area (Å²) in [6.45, 7) is 1.61. The minimum absolute atomic E-state index is 0.191. The molecule has 1 saturated heterocycles. The van der Waals surface area contributed by atoms with Gasteiger partial charge in [-0.3, -0.25) is 14.4 Å². The number of likely N-dealkylation sites (N-methyl/N-ethyl adjacent to an activating group) is 1. The van der Waals surface area contributed by atoms with Gasteiger partial charge in [0.25, 0.3) is 0 Å². The van der Waals surface area contributed by atoms with E-state index in [0.717, 1.165) is 31.5 Å². The summed E-state index contributed by atoms with van der Waals surface area (Å²) in [5.74, 6) is 0.191. The van der Waals surface area contributed by atoms with E-state index in [9.17, 15) is 4.79 Å². The van der Waals surface area contributed by atoms with Gasteiger partial charge in [-0.15, -0.1) is 0 Å². The quantitative estimate of drug-likeness (QED) is 0.850. The number of nitrogens with zero attached hydrogens (tertiary/aromatic N) is 4. The van der Waals surface area contributed by atoms with Crippen molar-refractivity contribution in [2.24, 2.45) is 0 Å². The molecule has 5 heteroatoms. The fraction of sp³-hybridized carbons (Fsp3) is 0.444. The highest BCUT2D eigenvalue weighted by atomic mass is 16.2. The molecular formula is C18H24N4O. The predicted octanol–water partition coefficient (Wildman–Crippen LogP) is 2.18. The molecule has 1 aliphatic heterocycles. The fourth-order valence-corrected chi connectivity index (χ4v) is 3.39. The van der Waals surface area contributed by atoms with Crippen molar-refractivity contribution in [3.8, 4) is 0 Å². The molecule has 1 amide bonds. The molecule has 0 saturated carbocycles. The van der Waals surface area contributed by atoms with Gasteiger partial charge in [-0.1, -0.05) is 30.3 Å². The molecule has 0 N–H and O–H groups in total. The van der Waals surface area contributed by atoms with Gasteiger partial charge in [-0.25, -0.2) is 0 Å². The van der Waals surface area contributed by atoms with Crippen LogP contribution in [0, 0.1) is 0 Å². The molecule has 1 aromatic heterocycles. The van der Waals surface area contributed by atoms with E-state index >= 15 is 0 Å². The molecule has 0 aliphatic carbocycles. The molecule has 0 radical (unpaired) electrons. The number of carbonyl (C=O) groups excluding carboxylic acids is 1. The first-order chi connectivity index (χ1) is 11.2. The summed E-state index contributed by atoms with van der Waals surface area (Å²) < 4.78 is 1.92. The zero-order valence-electron chi connectivity index (χ0n) is 13.8. The van der Waals surface area contributed by atoms with Crippen LogP contribution in [0.25, 0.3) is 0 Å². The molecule has 3 rings (SSSR count). The van der Waals surface area contributed by atoms with Crippen molar-refractivity contribution in [2.45, 2.75) is 31.5 Å². The maximum atomic E-state index is 13.2. The molecule has 2 heterocycles.